The predicted octanol–water partition coefficient (Wildman–Crippen LogP) is 2.69. The second-order valence-corrected chi connectivity index (χ2v) is 7.63. The van der Waals surface area contributed by atoms with Gasteiger partial charge >= 0.3 is 0 Å². The highest BCUT2D eigenvalue weighted by Gasteiger charge is 2.22. The summed E-state index contributed by atoms with van der Waals surface area (Å²) in [4.78, 5) is 12.1. The van der Waals surface area contributed by atoms with Crippen molar-refractivity contribution in [1.82, 2.24) is 5.48 Å². The summed E-state index contributed by atoms with van der Waals surface area (Å²) in [5, 5.41) is 9.02. The fourth-order valence-corrected chi connectivity index (χ4v) is 3.84. The van der Waals surface area contributed by atoms with Crippen molar-refractivity contribution in [1.29, 1.82) is 0 Å². The summed E-state index contributed by atoms with van der Waals surface area (Å²) < 4.78 is 26.2. The third kappa shape index (κ3) is 5.45. The molecule has 0 aliphatic carbocycles. The van der Waals surface area contributed by atoms with E-state index in [0.717, 1.165) is 0 Å². The monoisotopic (exact) mass is 382 g/mol. The molecule has 0 fully saturated rings. The number of anilines is 1. The van der Waals surface area contributed by atoms with Crippen LogP contribution in [-0.4, -0.2) is 31.2 Å². The van der Waals surface area contributed by atoms with Gasteiger partial charge in [-0.15, -0.1) is 11.6 Å². The van der Waals surface area contributed by atoms with Crippen LogP contribution >= 0.6 is 11.6 Å². The van der Waals surface area contributed by atoms with E-state index in [1.807, 2.05) is 6.07 Å². The number of carbonyl (C=O) groups excluding carboxylic acids is 1. The van der Waals surface area contributed by atoms with E-state index in [1.54, 1.807) is 54.0 Å². The SMILES string of the molecule is O=C(NO)C(c1ccccc1)c1ccc(NS(=O)(=O)CCCCl)cc1. The molecule has 2 aromatic rings. The van der Waals surface area contributed by atoms with Crippen LogP contribution < -0.4 is 10.2 Å². The molecule has 0 aliphatic heterocycles. The van der Waals surface area contributed by atoms with E-state index in [1.165, 1.54) is 0 Å². The number of carbonyl (C=O) groups is 1. The molecule has 0 spiro atoms. The Morgan fingerprint density at radius 3 is 2.20 bits per heavy atom. The van der Waals surface area contributed by atoms with Gasteiger partial charge < -0.3 is 0 Å². The summed E-state index contributed by atoms with van der Waals surface area (Å²) >= 11 is 5.52. The first-order valence-electron chi connectivity index (χ1n) is 7.62. The smallest absolute Gasteiger partial charge is 0.255 e. The zero-order chi connectivity index (χ0) is 18.3. The van der Waals surface area contributed by atoms with Gasteiger partial charge in [-0.1, -0.05) is 42.5 Å². The van der Waals surface area contributed by atoms with E-state index in [9.17, 15) is 13.2 Å². The second-order valence-electron chi connectivity index (χ2n) is 5.41. The van der Waals surface area contributed by atoms with Gasteiger partial charge in [0.1, 0.15) is 0 Å². The number of hydrogen-bond acceptors (Lipinski definition) is 4. The molecule has 0 saturated carbocycles. The quantitative estimate of drug-likeness (QED) is 0.371. The van der Waals surface area contributed by atoms with E-state index in [-0.39, 0.29) is 11.6 Å². The van der Waals surface area contributed by atoms with Gasteiger partial charge in [0.15, 0.2) is 0 Å². The highest BCUT2D eigenvalue weighted by Crippen LogP contribution is 2.26. The first kappa shape index (κ1) is 19.2. The molecular weight excluding hydrogens is 364 g/mol. The predicted molar refractivity (Wildman–Crippen MR) is 97.4 cm³/mol. The number of hydroxylamine groups is 1. The van der Waals surface area contributed by atoms with Crippen molar-refractivity contribution >= 4 is 33.2 Å². The fraction of sp³-hybridized carbons (Fsp3) is 0.235. The van der Waals surface area contributed by atoms with Crippen LogP contribution in [0, 0.1) is 0 Å². The lowest BCUT2D eigenvalue weighted by molar-refractivity contribution is -0.129. The molecule has 2 rings (SSSR count). The van der Waals surface area contributed by atoms with Gasteiger partial charge in [-0.3, -0.25) is 14.7 Å². The summed E-state index contributed by atoms with van der Waals surface area (Å²) in [6, 6.07) is 15.4. The Kier molecular flexibility index (Phi) is 6.81. The third-order valence-corrected chi connectivity index (χ3v) is 5.21. The van der Waals surface area contributed by atoms with Crippen LogP contribution in [0.3, 0.4) is 0 Å². The van der Waals surface area contributed by atoms with Crippen molar-refractivity contribution < 1.29 is 18.4 Å². The highest BCUT2D eigenvalue weighted by molar-refractivity contribution is 7.92. The number of hydrogen-bond donors (Lipinski definition) is 3. The number of amides is 1. The number of nitrogens with one attached hydrogen (secondary N) is 2. The fourth-order valence-electron chi connectivity index (χ4n) is 2.42. The number of rotatable bonds is 8. The second kappa shape index (κ2) is 8.84. The van der Waals surface area contributed by atoms with E-state index in [0.29, 0.717) is 23.2 Å². The minimum Gasteiger partial charge on any atom is -0.289 e. The largest absolute Gasteiger partial charge is 0.289 e. The molecule has 0 aromatic heterocycles. The molecule has 1 unspecified atom stereocenters. The maximum absolute atomic E-state index is 12.1. The first-order valence-corrected chi connectivity index (χ1v) is 9.81. The molecule has 1 amide bonds. The van der Waals surface area contributed by atoms with Gasteiger partial charge in [-0.05, 0) is 29.7 Å². The third-order valence-electron chi connectivity index (χ3n) is 3.57. The van der Waals surface area contributed by atoms with Gasteiger partial charge in [-0.25, -0.2) is 13.9 Å². The standard InChI is InChI=1S/C17H19ClN2O4S/c18-11-4-12-25(23,24)20-15-9-7-14(8-10-15)16(17(21)19-22)13-5-2-1-3-6-13/h1-3,5-10,16,20,22H,4,11-12H2,(H,19,21). The summed E-state index contributed by atoms with van der Waals surface area (Å²) in [5.41, 5.74) is 3.41. The van der Waals surface area contributed by atoms with E-state index >= 15 is 0 Å². The molecule has 134 valence electrons. The number of halogens is 1. The van der Waals surface area contributed by atoms with Crippen molar-refractivity contribution in [2.24, 2.45) is 0 Å². The minimum absolute atomic E-state index is 0.0577. The lowest BCUT2D eigenvalue weighted by atomic mass is 9.90. The summed E-state index contributed by atoms with van der Waals surface area (Å²) in [5.74, 6) is -1.05. The summed E-state index contributed by atoms with van der Waals surface area (Å²) in [7, 11) is -3.46. The molecule has 8 heteroatoms. The average molecular weight is 383 g/mol. The van der Waals surface area contributed by atoms with Gasteiger partial charge in [0, 0.05) is 11.6 Å². The van der Waals surface area contributed by atoms with Crippen LogP contribution in [0.25, 0.3) is 0 Å². The summed E-state index contributed by atoms with van der Waals surface area (Å²) in [6.45, 7) is 0. The van der Waals surface area contributed by atoms with Crippen molar-refractivity contribution in [3.05, 3.63) is 65.7 Å². The molecule has 3 N–H and O–H groups in total. The summed E-state index contributed by atoms with van der Waals surface area (Å²) in [6.07, 6.45) is 0.363. The molecule has 0 saturated heterocycles. The molecule has 0 radical (unpaired) electrons. The van der Waals surface area contributed by atoms with Crippen molar-refractivity contribution in [2.45, 2.75) is 12.3 Å². The average Bonchev–Trinajstić information content (AvgIpc) is 2.62. The molecule has 0 aliphatic rings. The normalized spacial score (nSPS) is 12.4. The molecule has 2 aromatic carbocycles. The Hall–Kier alpha value is -2.09. The van der Waals surface area contributed by atoms with Crippen molar-refractivity contribution in [2.75, 3.05) is 16.4 Å². The van der Waals surface area contributed by atoms with Crippen molar-refractivity contribution in [3.8, 4) is 0 Å². The molecular formula is C17H19ClN2O4S. The van der Waals surface area contributed by atoms with Crippen LogP contribution in [-0.2, 0) is 14.8 Å². The zero-order valence-corrected chi connectivity index (χ0v) is 14.9. The van der Waals surface area contributed by atoms with E-state index in [4.69, 9.17) is 16.8 Å². The van der Waals surface area contributed by atoms with E-state index < -0.39 is 21.8 Å². The maximum Gasteiger partial charge on any atom is 0.255 e. The molecule has 0 heterocycles. The topological polar surface area (TPSA) is 95.5 Å². The van der Waals surface area contributed by atoms with Crippen LogP contribution in [0.4, 0.5) is 5.69 Å². The Bertz CT molecular complexity index is 795. The van der Waals surface area contributed by atoms with E-state index in [2.05, 4.69) is 4.72 Å². The molecule has 6 nitrogen and oxygen atoms in total. The van der Waals surface area contributed by atoms with Gasteiger partial charge in [0.25, 0.3) is 5.91 Å². The Labute approximate surface area is 151 Å². The Morgan fingerprint density at radius 1 is 1.04 bits per heavy atom. The van der Waals surface area contributed by atoms with Crippen LogP contribution in [0.15, 0.2) is 54.6 Å². The van der Waals surface area contributed by atoms with Crippen molar-refractivity contribution in [3.63, 3.8) is 0 Å². The Morgan fingerprint density at radius 2 is 1.64 bits per heavy atom. The van der Waals surface area contributed by atoms with Gasteiger partial charge in [-0.2, -0.15) is 0 Å². The molecule has 1 atom stereocenters. The Balaban J connectivity index is 2.23. The number of sulfonamides is 1. The lowest BCUT2D eigenvalue weighted by Crippen LogP contribution is -2.27. The molecule has 0 bridgehead atoms. The number of benzene rings is 2. The maximum atomic E-state index is 12.1. The van der Waals surface area contributed by atoms with Gasteiger partial charge in [0.05, 0.1) is 11.7 Å². The molecule has 25 heavy (non-hydrogen) atoms. The van der Waals surface area contributed by atoms with Crippen LogP contribution in [0.2, 0.25) is 0 Å². The minimum atomic E-state index is -3.46. The zero-order valence-electron chi connectivity index (χ0n) is 13.4. The lowest BCUT2D eigenvalue weighted by Gasteiger charge is -2.16. The number of alkyl halides is 1. The van der Waals surface area contributed by atoms with Crippen LogP contribution in [0.5, 0.6) is 0 Å². The van der Waals surface area contributed by atoms with Crippen LogP contribution in [0.1, 0.15) is 23.5 Å². The highest BCUT2D eigenvalue weighted by atomic mass is 35.5. The first-order chi connectivity index (χ1) is 12.0. The van der Waals surface area contributed by atoms with Gasteiger partial charge in [0.2, 0.25) is 10.0 Å².